The highest BCUT2D eigenvalue weighted by molar-refractivity contribution is 5.98. The summed E-state index contributed by atoms with van der Waals surface area (Å²) in [6, 6.07) is 12.3. The van der Waals surface area contributed by atoms with Gasteiger partial charge in [0.05, 0.1) is 23.8 Å². The van der Waals surface area contributed by atoms with Gasteiger partial charge in [0, 0.05) is 11.8 Å². The largest absolute Gasteiger partial charge is 0.465 e. The third kappa shape index (κ3) is 2.16. The molecule has 3 aromatic rings. The average molecular weight is 297 g/mol. The Morgan fingerprint density at radius 2 is 1.82 bits per heavy atom. The van der Waals surface area contributed by atoms with Crippen LogP contribution in [-0.4, -0.2) is 17.5 Å². The number of methoxy groups -OCH3 is 1. The van der Waals surface area contributed by atoms with E-state index in [9.17, 15) is 14.0 Å². The molecule has 0 atom stereocenters. The Balaban J connectivity index is 2.42. The fourth-order valence-corrected chi connectivity index (χ4v) is 2.40. The Bertz CT molecular complexity index is 931. The van der Waals surface area contributed by atoms with Crippen LogP contribution in [0.1, 0.15) is 10.4 Å². The van der Waals surface area contributed by atoms with Gasteiger partial charge in [0.1, 0.15) is 5.82 Å². The van der Waals surface area contributed by atoms with Crippen LogP contribution in [0.2, 0.25) is 0 Å². The zero-order chi connectivity index (χ0) is 15.7. The van der Waals surface area contributed by atoms with Crippen LogP contribution in [-0.2, 0) is 4.74 Å². The van der Waals surface area contributed by atoms with Crippen LogP contribution >= 0.6 is 0 Å². The molecule has 0 amide bonds. The number of rotatable bonds is 2. The molecule has 4 nitrogen and oxygen atoms in total. The van der Waals surface area contributed by atoms with Crippen LogP contribution in [0, 0.1) is 5.82 Å². The summed E-state index contributed by atoms with van der Waals surface area (Å²) in [5.41, 5.74) is 0.492. The minimum atomic E-state index is -0.582. The summed E-state index contributed by atoms with van der Waals surface area (Å²) in [6.45, 7) is 0. The highest BCUT2D eigenvalue weighted by atomic mass is 19.1. The third-order valence-corrected chi connectivity index (χ3v) is 3.44. The highest BCUT2D eigenvalue weighted by Crippen LogP contribution is 2.22. The molecule has 0 fully saturated rings. The quantitative estimate of drug-likeness (QED) is 0.683. The molecule has 0 spiro atoms. The maximum atomic E-state index is 14.0. The van der Waals surface area contributed by atoms with Crippen LogP contribution < -0.4 is 5.56 Å². The molecule has 0 saturated carbocycles. The lowest BCUT2D eigenvalue weighted by molar-refractivity contribution is 0.0602. The number of benzene rings is 1. The van der Waals surface area contributed by atoms with Gasteiger partial charge in [0.2, 0.25) is 0 Å². The number of pyridine rings is 2. The fraction of sp³-hybridized carbons (Fsp3) is 0.0588. The van der Waals surface area contributed by atoms with E-state index in [1.807, 2.05) is 0 Å². The molecule has 0 aliphatic carbocycles. The number of fused-ring (bicyclic) bond motifs is 1. The molecular weight excluding hydrogens is 285 g/mol. The lowest BCUT2D eigenvalue weighted by Gasteiger charge is -2.10. The van der Waals surface area contributed by atoms with Crippen LogP contribution in [0.3, 0.4) is 0 Å². The first kappa shape index (κ1) is 14.0. The van der Waals surface area contributed by atoms with Crippen LogP contribution in [0.4, 0.5) is 4.39 Å². The molecule has 0 aliphatic heterocycles. The molecule has 3 rings (SSSR count). The maximum Gasteiger partial charge on any atom is 0.340 e. The number of hydrogen-bond acceptors (Lipinski definition) is 3. The molecule has 0 saturated heterocycles. The molecule has 0 unspecified atom stereocenters. The van der Waals surface area contributed by atoms with Crippen molar-refractivity contribution in [2.45, 2.75) is 0 Å². The minimum absolute atomic E-state index is 0.113. The number of esters is 1. The zero-order valence-electron chi connectivity index (χ0n) is 11.7. The Kier molecular flexibility index (Phi) is 3.47. The molecule has 2 aromatic heterocycles. The second kappa shape index (κ2) is 5.44. The molecule has 0 bridgehead atoms. The predicted octanol–water partition coefficient (Wildman–Crippen LogP) is 2.89. The average Bonchev–Trinajstić information content (AvgIpc) is 2.56. The van der Waals surface area contributed by atoms with E-state index >= 15 is 0 Å². The molecule has 0 N–H and O–H groups in total. The van der Waals surface area contributed by atoms with Gasteiger partial charge in [0.25, 0.3) is 5.56 Å². The SMILES string of the molecule is COC(=O)c1cc(-c2ccccc2F)c(=O)n2ccccc12. The summed E-state index contributed by atoms with van der Waals surface area (Å²) in [5, 5.41) is 0. The summed E-state index contributed by atoms with van der Waals surface area (Å²) < 4.78 is 20.1. The van der Waals surface area contributed by atoms with Gasteiger partial charge in [-0.1, -0.05) is 24.3 Å². The van der Waals surface area contributed by atoms with Crippen molar-refractivity contribution in [3.8, 4) is 11.1 Å². The second-order valence-corrected chi connectivity index (χ2v) is 4.70. The first-order valence-electron chi connectivity index (χ1n) is 6.61. The van der Waals surface area contributed by atoms with Crippen molar-refractivity contribution in [3.63, 3.8) is 0 Å². The standard InChI is InChI=1S/C17H12FNO3/c1-22-17(21)13-10-12(11-6-2-3-7-14(11)18)16(20)19-9-5-4-8-15(13)19/h2-10H,1H3. The van der Waals surface area contributed by atoms with Gasteiger partial charge in [-0.3, -0.25) is 9.20 Å². The number of carbonyl (C=O) groups excluding carboxylic acids is 1. The van der Waals surface area contributed by atoms with Crippen molar-refractivity contribution in [2.24, 2.45) is 0 Å². The Morgan fingerprint density at radius 1 is 1.09 bits per heavy atom. The number of carbonyl (C=O) groups is 1. The summed E-state index contributed by atoms with van der Waals surface area (Å²) >= 11 is 0. The summed E-state index contributed by atoms with van der Waals surface area (Å²) in [4.78, 5) is 24.6. The fourth-order valence-electron chi connectivity index (χ4n) is 2.40. The van der Waals surface area contributed by atoms with Gasteiger partial charge in [-0.25, -0.2) is 9.18 Å². The number of hydrogen-bond donors (Lipinski definition) is 0. The van der Waals surface area contributed by atoms with Gasteiger partial charge in [0.15, 0.2) is 0 Å². The monoisotopic (exact) mass is 297 g/mol. The van der Waals surface area contributed by atoms with Crippen molar-refractivity contribution >= 4 is 11.5 Å². The molecule has 2 heterocycles. The van der Waals surface area contributed by atoms with E-state index in [4.69, 9.17) is 4.74 Å². The first-order chi connectivity index (χ1) is 10.6. The van der Waals surface area contributed by atoms with E-state index in [-0.39, 0.29) is 16.7 Å². The second-order valence-electron chi connectivity index (χ2n) is 4.70. The van der Waals surface area contributed by atoms with Crippen LogP contribution in [0.5, 0.6) is 0 Å². The summed E-state index contributed by atoms with van der Waals surface area (Å²) in [5.74, 6) is -1.10. The van der Waals surface area contributed by atoms with E-state index in [0.717, 1.165) is 0 Å². The minimum Gasteiger partial charge on any atom is -0.465 e. The molecule has 110 valence electrons. The van der Waals surface area contributed by atoms with Crippen molar-refractivity contribution in [3.05, 3.63) is 76.5 Å². The van der Waals surface area contributed by atoms with Crippen molar-refractivity contribution in [1.82, 2.24) is 4.40 Å². The zero-order valence-corrected chi connectivity index (χ0v) is 11.7. The van der Waals surface area contributed by atoms with E-state index in [1.165, 1.54) is 35.9 Å². The van der Waals surface area contributed by atoms with E-state index < -0.39 is 17.3 Å². The molecule has 5 heteroatoms. The van der Waals surface area contributed by atoms with Crippen molar-refractivity contribution in [1.29, 1.82) is 0 Å². The molecule has 0 aliphatic rings. The topological polar surface area (TPSA) is 47.8 Å². The van der Waals surface area contributed by atoms with E-state index in [2.05, 4.69) is 0 Å². The number of nitrogens with zero attached hydrogens (tertiary/aromatic N) is 1. The van der Waals surface area contributed by atoms with Gasteiger partial charge < -0.3 is 4.74 Å². The normalized spacial score (nSPS) is 10.6. The van der Waals surface area contributed by atoms with Crippen LogP contribution in [0.15, 0.2) is 59.5 Å². The maximum absolute atomic E-state index is 14.0. The van der Waals surface area contributed by atoms with E-state index in [1.54, 1.807) is 30.3 Å². The highest BCUT2D eigenvalue weighted by Gasteiger charge is 2.17. The number of ether oxygens (including phenoxy) is 1. The number of aromatic nitrogens is 1. The lowest BCUT2D eigenvalue weighted by Crippen LogP contribution is -2.19. The van der Waals surface area contributed by atoms with Crippen molar-refractivity contribution < 1.29 is 13.9 Å². The number of halogens is 1. The molecule has 0 radical (unpaired) electrons. The Labute approximate surface area is 125 Å². The molecular formula is C17H12FNO3. The Hall–Kier alpha value is -2.95. The summed E-state index contributed by atoms with van der Waals surface area (Å²) in [7, 11) is 1.26. The molecule has 1 aromatic carbocycles. The van der Waals surface area contributed by atoms with Gasteiger partial charge >= 0.3 is 5.97 Å². The summed E-state index contributed by atoms with van der Waals surface area (Å²) in [6.07, 6.45) is 1.54. The van der Waals surface area contributed by atoms with E-state index in [0.29, 0.717) is 5.52 Å². The Morgan fingerprint density at radius 3 is 2.55 bits per heavy atom. The van der Waals surface area contributed by atoms with Gasteiger partial charge in [-0.15, -0.1) is 0 Å². The van der Waals surface area contributed by atoms with Gasteiger partial charge in [-0.05, 0) is 24.3 Å². The molecule has 22 heavy (non-hydrogen) atoms. The lowest BCUT2D eigenvalue weighted by atomic mass is 10.0. The first-order valence-corrected chi connectivity index (χ1v) is 6.61. The smallest absolute Gasteiger partial charge is 0.340 e. The van der Waals surface area contributed by atoms with Crippen LogP contribution in [0.25, 0.3) is 16.6 Å². The third-order valence-electron chi connectivity index (χ3n) is 3.44. The van der Waals surface area contributed by atoms with Gasteiger partial charge in [-0.2, -0.15) is 0 Å². The van der Waals surface area contributed by atoms with Crippen molar-refractivity contribution in [2.75, 3.05) is 7.11 Å². The predicted molar refractivity (Wildman–Crippen MR) is 80.4 cm³/mol.